The second-order valence-electron chi connectivity index (χ2n) is 3.99. The fourth-order valence-electron chi connectivity index (χ4n) is 1.27. The number of hydrogen-bond acceptors (Lipinski definition) is 7. The third-order valence-electron chi connectivity index (χ3n) is 2.32. The lowest BCUT2D eigenvalue weighted by molar-refractivity contribution is -0.173. The summed E-state index contributed by atoms with van der Waals surface area (Å²) in [6, 6.07) is 1.48. The van der Waals surface area contributed by atoms with Crippen molar-refractivity contribution >= 4 is 15.5 Å². The SMILES string of the molecule is CCS(=O)(=O)c1nc(/C(C#N)=N/OCC(F)(F)F)cnc1C. The predicted molar refractivity (Wildman–Crippen MR) is 68.7 cm³/mol. The second-order valence-corrected chi connectivity index (χ2v) is 6.18. The quantitative estimate of drug-likeness (QED) is 0.594. The fourth-order valence-corrected chi connectivity index (χ4v) is 2.29. The van der Waals surface area contributed by atoms with E-state index in [9.17, 15) is 21.6 Å². The van der Waals surface area contributed by atoms with E-state index in [1.807, 2.05) is 0 Å². The molecule has 0 fully saturated rings. The Balaban J connectivity index is 3.18. The normalized spacial score (nSPS) is 12.8. The predicted octanol–water partition coefficient (Wildman–Crippen LogP) is 1.39. The summed E-state index contributed by atoms with van der Waals surface area (Å²) in [6.07, 6.45) is -3.58. The van der Waals surface area contributed by atoms with Crippen LogP contribution in [0.25, 0.3) is 0 Å². The molecule has 1 aromatic rings. The monoisotopic (exact) mass is 336 g/mol. The number of nitrogens with zero attached hydrogens (tertiary/aromatic N) is 4. The molecular weight excluding hydrogens is 325 g/mol. The van der Waals surface area contributed by atoms with E-state index < -0.39 is 28.3 Å². The largest absolute Gasteiger partial charge is 0.425 e. The van der Waals surface area contributed by atoms with Crippen LogP contribution in [0.1, 0.15) is 18.3 Å². The molecule has 120 valence electrons. The molecule has 0 aliphatic rings. The molecular formula is C11H11F3N4O3S. The van der Waals surface area contributed by atoms with E-state index >= 15 is 0 Å². The van der Waals surface area contributed by atoms with E-state index in [-0.39, 0.29) is 22.2 Å². The maximum Gasteiger partial charge on any atom is 0.425 e. The van der Waals surface area contributed by atoms with Crippen LogP contribution in [0.15, 0.2) is 16.4 Å². The Morgan fingerprint density at radius 2 is 2.14 bits per heavy atom. The van der Waals surface area contributed by atoms with Gasteiger partial charge in [-0.3, -0.25) is 4.98 Å². The molecule has 0 radical (unpaired) electrons. The summed E-state index contributed by atoms with van der Waals surface area (Å²) in [4.78, 5) is 11.5. The summed E-state index contributed by atoms with van der Waals surface area (Å²) < 4.78 is 59.5. The van der Waals surface area contributed by atoms with Crippen LogP contribution in [0, 0.1) is 18.3 Å². The van der Waals surface area contributed by atoms with Gasteiger partial charge in [-0.25, -0.2) is 13.4 Å². The Hall–Kier alpha value is -2.22. The molecule has 0 bridgehead atoms. The van der Waals surface area contributed by atoms with Crippen LogP contribution in [0.2, 0.25) is 0 Å². The number of oxime groups is 1. The Morgan fingerprint density at radius 1 is 1.50 bits per heavy atom. The van der Waals surface area contributed by atoms with Crippen LogP contribution < -0.4 is 0 Å². The van der Waals surface area contributed by atoms with Crippen LogP contribution in [0.5, 0.6) is 0 Å². The number of hydrogen-bond donors (Lipinski definition) is 0. The van der Waals surface area contributed by atoms with Crippen molar-refractivity contribution in [2.24, 2.45) is 5.16 Å². The Labute approximate surface area is 124 Å². The molecule has 11 heteroatoms. The lowest BCUT2D eigenvalue weighted by Crippen LogP contribution is -2.17. The zero-order chi connectivity index (χ0) is 17.0. The van der Waals surface area contributed by atoms with Crippen molar-refractivity contribution < 1.29 is 26.4 Å². The Kier molecular flexibility index (Phi) is 5.43. The molecule has 1 rings (SSSR count). The topological polar surface area (TPSA) is 105 Å². The number of sulfone groups is 1. The highest BCUT2D eigenvalue weighted by atomic mass is 32.2. The van der Waals surface area contributed by atoms with E-state index in [4.69, 9.17) is 5.26 Å². The first kappa shape index (κ1) is 17.8. The van der Waals surface area contributed by atoms with E-state index in [0.717, 1.165) is 6.20 Å². The van der Waals surface area contributed by atoms with Gasteiger partial charge in [0.2, 0.25) is 12.3 Å². The highest BCUT2D eigenvalue weighted by Crippen LogP contribution is 2.15. The van der Waals surface area contributed by atoms with Gasteiger partial charge < -0.3 is 4.84 Å². The lowest BCUT2D eigenvalue weighted by atomic mass is 10.3. The molecule has 0 saturated carbocycles. The van der Waals surface area contributed by atoms with Crippen molar-refractivity contribution in [3.05, 3.63) is 17.6 Å². The molecule has 0 aromatic carbocycles. The van der Waals surface area contributed by atoms with E-state index in [0.29, 0.717) is 0 Å². The minimum atomic E-state index is -4.61. The summed E-state index contributed by atoms with van der Waals surface area (Å²) in [5, 5.41) is 11.5. The van der Waals surface area contributed by atoms with Crippen LogP contribution >= 0.6 is 0 Å². The van der Waals surface area contributed by atoms with Gasteiger partial charge in [0.1, 0.15) is 11.8 Å². The maximum atomic E-state index is 11.9. The third kappa shape index (κ3) is 4.66. The molecule has 0 amide bonds. The molecule has 1 heterocycles. The second kappa shape index (κ2) is 6.69. The highest BCUT2D eigenvalue weighted by Gasteiger charge is 2.29. The number of alkyl halides is 3. The molecule has 0 unspecified atom stereocenters. The molecule has 0 atom stereocenters. The van der Waals surface area contributed by atoms with E-state index in [1.165, 1.54) is 19.9 Å². The standard InChI is InChI=1S/C11H11F3N4O3S/c1-3-22(19,20)10-7(2)16-5-9(17-10)8(4-15)18-21-6-11(12,13)14/h5H,3,6H2,1-2H3/b18-8+. The minimum absolute atomic E-state index is 0.110. The number of aryl methyl sites for hydroxylation is 1. The van der Waals surface area contributed by atoms with Gasteiger partial charge in [0.15, 0.2) is 14.9 Å². The average Bonchev–Trinajstić information content (AvgIpc) is 2.43. The molecule has 1 aromatic heterocycles. The zero-order valence-electron chi connectivity index (χ0n) is 11.5. The zero-order valence-corrected chi connectivity index (χ0v) is 12.4. The van der Waals surface area contributed by atoms with Crippen molar-refractivity contribution in [1.82, 2.24) is 9.97 Å². The lowest BCUT2D eigenvalue weighted by Gasteiger charge is -2.06. The van der Waals surface area contributed by atoms with Crippen molar-refractivity contribution in [2.75, 3.05) is 12.4 Å². The maximum absolute atomic E-state index is 11.9. The highest BCUT2D eigenvalue weighted by molar-refractivity contribution is 7.91. The summed E-state index contributed by atoms with van der Waals surface area (Å²) in [5.74, 6) is -0.240. The van der Waals surface area contributed by atoms with Gasteiger partial charge in [-0.1, -0.05) is 12.1 Å². The van der Waals surface area contributed by atoms with Gasteiger partial charge in [0, 0.05) is 0 Å². The summed E-state index contributed by atoms with van der Waals surface area (Å²) >= 11 is 0. The molecule has 0 spiro atoms. The summed E-state index contributed by atoms with van der Waals surface area (Å²) in [5.41, 5.74) is -0.786. The van der Waals surface area contributed by atoms with Crippen molar-refractivity contribution in [3.8, 4) is 6.07 Å². The van der Waals surface area contributed by atoms with Crippen LogP contribution in [0.4, 0.5) is 13.2 Å². The van der Waals surface area contributed by atoms with Crippen molar-refractivity contribution in [1.29, 1.82) is 5.26 Å². The molecule has 7 nitrogen and oxygen atoms in total. The number of rotatable bonds is 5. The molecule has 0 N–H and O–H groups in total. The third-order valence-corrected chi connectivity index (χ3v) is 4.06. The minimum Gasteiger partial charge on any atom is -0.385 e. The Bertz CT molecular complexity index is 723. The van der Waals surface area contributed by atoms with Crippen LogP contribution in [-0.2, 0) is 14.7 Å². The smallest absolute Gasteiger partial charge is 0.385 e. The molecule has 0 saturated heterocycles. The Morgan fingerprint density at radius 3 is 2.64 bits per heavy atom. The fraction of sp³-hybridized carbons (Fsp3) is 0.455. The number of halogens is 3. The van der Waals surface area contributed by atoms with Gasteiger partial charge in [-0.05, 0) is 6.92 Å². The molecule has 0 aliphatic carbocycles. The number of aromatic nitrogens is 2. The first-order valence-electron chi connectivity index (χ1n) is 5.84. The van der Waals surface area contributed by atoms with Gasteiger partial charge in [-0.2, -0.15) is 18.4 Å². The van der Waals surface area contributed by atoms with E-state index in [1.54, 1.807) is 0 Å². The van der Waals surface area contributed by atoms with Crippen molar-refractivity contribution in [3.63, 3.8) is 0 Å². The average molecular weight is 336 g/mol. The first-order chi connectivity index (χ1) is 10.1. The van der Waals surface area contributed by atoms with Crippen LogP contribution in [0.3, 0.4) is 0 Å². The van der Waals surface area contributed by atoms with Gasteiger partial charge in [-0.15, -0.1) is 0 Å². The molecule has 0 aliphatic heterocycles. The van der Waals surface area contributed by atoms with Crippen LogP contribution in [-0.4, -0.2) is 42.6 Å². The number of nitriles is 1. The molecule has 22 heavy (non-hydrogen) atoms. The van der Waals surface area contributed by atoms with Gasteiger partial charge in [0.05, 0.1) is 17.6 Å². The van der Waals surface area contributed by atoms with Gasteiger partial charge in [0.25, 0.3) is 0 Å². The summed E-state index contributed by atoms with van der Waals surface area (Å²) in [7, 11) is -3.70. The summed E-state index contributed by atoms with van der Waals surface area (Å²) in [6.45, 7) is 1.12. The van der Waals surface area contributed by atoms with Gasteiger partial charge >= 0.3 is 6.18 Å². The first-order valence-corrected chi connectivity index (χ1v) is 7.49. The van der Waals surface area contributed by atoms with Crippen molar-refractivity contribution in [2.45, 2.75) is 25.0 Å². The van der Waals surface area contributed by atoms with E-state index in [2.05, 4.69) is 20.0 Å².